The summed E-state index contributed by atoms with van der Waals surface area (Å²) >= 11 is 5.84. The van der Waals surface area contributed by atoms with Gasteiger partial charge in [0.1, 0.15) is 12.4 Å². The maximum absolute atomic E-state index is 13.9. The van der Waals surface area contributed by atoms with Crippen LogP contribution in [0.15, 0.2) is 41.6 Å². The quantitative estimate of drug-likeness (QED) is 0.338. The number of halogens is 2. The van der Waals surface area contributed by atoms with Gasteiger partial charge in [0.05, 0.1) is 28.5 Å². The van der Waals surface area contributed by atoms with Crippen LogP contribution in [0.4, 0.5) is 10.1 Å². The van der Waals surface area contributed by atoms with Crippen LogP contribution < -0.4 is 9.75 Å². The first kappa shape index (κ1) is 24.2. The zero-order chi connectivity index (χ0) is 22.8. The van der Waals surface area contributed by atoms with Gasteiger partial charge in [-0.15, -0.1) is 0 Å². The van der Waals surface area contributed by atoms with Crippen molar-refractivity contribution in [2.45, 2.75) is 33.2 Å². The van der Waals surface area contributed by atoms with Gasteiger partial charge in [0.2, 0.25) is 5.88 Å². The first-order valence-corrected chi connectivity index (χ1v) is 10.3. The lowest BCUT2D eigenvalue weighted by Gasteiger charge is -2.29. The molecule has 8 heteroatoms. The number of hydrogen-bond donors (Lipinski definition) is 0. The molecule has 1 heterocycles. The molecule has 0 saturated carbocycles. The first-order valence-electron chi connectivity index (χ1n) is 9.96. The average molecular weight is 445 g/mol. The fraction of sp³-hybridized carbons (Fsp3) is 0.348. The van der Waals surface area contributed by atoms with Gasteiger partial charge < -0.3 is 9.64 Å². The summed E-state index contributed by atoms with van der Waals surface area (Å²) in [4.78, 5) is 19.0. The predicted molar refractivity (Wildman–Crippen MR) is 122 cm³/mol. The summed E-state index contributed by atoms with van der Waals surface area (Å²) in [6.07, 6.45) is 3.63. The zero-order valence-electron chi connectivity index (χ0n) is 18.1. The van der Waals surface area contributed by atoms with Crippen molar-refractivity contribution in [3.63, 3.8) is 0 Å². The van der Waals surface area contributed by atoms with Crippen LogP contribution in [0.2, 0.25) is 5.02 Å². The van der Waals surface area contributed by atoms with Gasteiger partial charge in [0.25, 0.3) is 5.91 Å². The Balaban J connectivity index is 2.20. The molecule has 0 radical (unpaired) electrons. The summed E-state index contributed by atoms with van der Waals surface area (Å²) in [5.74, 6) is 5.37. The fourth-order valence-corrected chi connectivity index (χ4v) is 2.94. The highest BCUT2D eigenvalue weighted by molar-refractivity contribution is 6.30. The number of benzene rings is 1. The lowest BCUT2D eigenvalue weighted by atomic mass is 10.1. The van der Waals surface area contributed by atoms with Crippen molar-refractivity contribution in [3.05, 3.63) is 52.9 Å². The lowest BCUT2D eigenvalue weighted by Crippen LogP contribution is -2.42. The largest absolute Gasteiger partial charge is 0.475 e. The van der Waals surface area contributed by atoms with Crippen LogP contribution in [0, 0.1) is 17.7 Å². The van der Waals surface area contributed by atoms with Gasteiger partial charge in [-0.05, 0) is 38.1 Å². The van der Waals surface area contributed by atoms with Crippen LogP contribution in [0.25, 0.3) is 0 Å². The molecule has 0 aliphatic heterocycles. The molecule has 1 atom stereocenters. The second kappa shape index (κ2) is 11.9. The minimum Gasteiger partial charge on any atom is -0.475 e. The van der Waals surface area contributed by atoms with Gasteiger partial charge in [-0.3, -0.25) is 9.80 Å². The monoisotopic (exact) mass is 444 g/mol. The molecule has 0 aliphatic rings. The molecule has 2 rings (SSSR count). The highest BCUT2D eigenvalue weighted by atomic mass is 35.5. The number of likely N-dealkylation sites (N-methyl/N-ethyl adjacent to an activating group) is 1. The van der Waals surface area contributed by atoms with Crippen LogP contribution in [-0.2, 0) is 0 Å². The Hall–Kier alpha value is -3.11. The van der Waals surface area contributed by atoms with Crippen molar-refractivity contribution in [2.75, 3.05) is 25.2 Å². The molecule has 2 aromatic rings. The third kappa shape index (κ3) is 6.97. The smallest absolute Gasteiger partial charge is 0.256 e. The topological polar surface area (TPSA) is 58.0 Å². The lowest BCUT2D eigenvalue weighted by molar-refractivity contribution is 0.0647. The van der Waals surface area contributed by atoms with Gasteiger partial charge >= 0.3 is 0 Å². The molecule has 0 saturated heterocycles. The Kier molecular flexibility index (Phi) is 9.29. The summed E-state index contributed by atoms with van der Waals surface area (Å²) in [6.45, 7) is 6.37. The maximum Gasteiger partial charge on any atom is 0.256 e. The number of aromatic nitrogens is 1. The average Bonchev–Trinajstić information content (AvgIpc) is 2.76. The van der Waals surface area contributed by atoms with Crippen LogP contribution in [0.1, 0.15) is 37.6 Å². The number of hydrogen-bond acceptors (Lipinski definition) is 5. The normalized spacial score (nSPS) is 11.5. The SMILES string of the molecule is CCC#C/C=N\N(C)c1cc(F)ccc1C(=O)N(CC)C(C)COc1ccc(Cl)cn1. The molecule has 0 N–H and O–H groups in total. The standard InChI is InChI=1S/C23H26ClFN4O2/c1-5-7-8-13-27-28(4)21-14-19(25)10-11-20(21)23(30)29(6-2)17(3)16-31-22-12-9-18(24)15-26-22/h9-15,17H,5-6,16H2,1-4H3/b27-13-. The summed E-state index contributed by atoms with van der Waals surface area (Å²) in [7, 11) is 1.64. The maximum atomic E-state index is 13.9. The van der Waals surface area contributed by atoms with E-state index in [1.54, 1.807) is 24.1 Å². The molecule has 1 aromatic heterocycles. The van der Waals surface area contributed by atoms with Gasteiger partial charge in [-0.1, -0.05) is 30.4 Å². The van der Waals surface area contributed by atoms with Crippen molar-refractivity contribution in [1.29, 1.82) is 0 Å². The Morgan fingerprint density at radius 3 is 2.77 bits per heavy atom. The number of nitrogens with zero attached hydrogens (tertiary/aromatic N) is 4. The Morgan fingerprint density at radius 2 is 2.13 bits per heavy atom. The number of carbonyl (C=O) groups excluding carboxylic acids is 1. The van der Waals surface area contributed by atoms with E-state index in [-0.39, 0.29) is 18.6 Å². The third-order valence-corrected chi connectivity index (χ3v) is 4.64. The van der Waals surface area contributed by atoms with E-state index in [1.807, 2.05) is 20.8 Å². The first-order chi connectivity index (χ1) is 14.9. The molecular weight excluding hydrogens is 419 g/mol. The molecule has 1 aromatic carbocycles. The fourth-order valence-electron chi connectivity index (χ4n) is 2.83. The molecule has 1 amide bonds. The molecule has 0 aliphatic carbocycles. The number of carbonyl (C=O) groups is 1. The van der Waals surface area contributed by atoms with Crippen LogP contribution in [0.5, 0.6) is 5.88 Å². The van der Waals surface area contributed by atoms with Crippen molar-refractivity contribution in [1.82, 2.24) is 9.88 Å². The van der Waals surface area contributed by atoms with Crippen molar-refractivity contribution < 1.29 is 13.9 Å². The zero-order valence-corrected chi connectivity index (χ0v) is 18.9. The number of amides is 1. The van der Waals surface area contributed by atoms with Gasteiger partial charge in [0, 0.05) is 32.3 Å². The van der Waals surface area contributed by atoms with Gasteiger partial charge in [0.15, 0.2) is 0 Å². The second-order valence-corrected chi connectivity index (χ2v) is 7.11. The van der Waals surface area contributed by atoms with Crippen molar-refractivity contribution in [3.8, 4) is 17.7 Å². The number of anilines is 1. The van der Waals surface area contributed by atoms with Crippen molar-refractivity contribution >= 4 is 29.4 Å². The van der Waals surface area contributed by atoms with E-state index in [1.165, 1.54) is 35.6 Å². The van der Waals surface area contributed by atoms with Crippen molar-refractivity contribution in [2.24, 2.45) is 5.10 Å². The summed E-state index contributed by atoms with van der Waals surface area (Å²) in [5, 5.41) is 6.14. The predicted octanol–water partition coefficient (Wildman–Crippen LogP) is 4.64. The number of hydrazone groups is 1. The minimum absolute atomic E-state index is 0.241. The van der Waals surface area contributed by atoms with E-state index in [0.717, 1.165) is 0 Å². The van der Waals surface area contributed by atoms with E-state index in [4.69, 9.17) is 16.3 Å². The van der Waals surface area contributed by atoms with E-state index >= 15 is 0 Å². The molecule has 0 bridgehead atoms. The highest BCUT2D eigenvalue weighted by Gasteiger charge is 2.24. The number of ether oxygens (including phenoxy) is 1. The number of rotatable bonds is 8. The highest BCUT2D eigenvalue weighted by Crippen LogP contribution is 2.24. The van der Waals surface area contributed by atoms with Crippen LogP contribution >= 0.6 is 11.6 Å². The van der Waals surface area contributed by atoms with Crippen LogP contribution in [0.3, 0.4) is 0 Å². The van der Waals surface area contributed by atoms with Crippen LogP contribution in [-0.4, -0.2) is 48.2 Å². The second-order valence-electron chi connectivity index (χ2n) is 6.67. The van der Waals surface area contributed by atoms with E-state index in [9.17, 15) is 9.18 Å². The van der Waals surface area contributed by atoms with E-state index in [0.29, 0.717) is 35.1 Å². The molecule has 1 unspecified atom stereocenters. The molecule has 0 spiro atoms. The molecule has 6 nitrogen and oxygen atoms in total. The van der Waals surface area contributed by atoms with E-state index in [2.05, 4.69) is 21.9 Å². The summed E-state index contributed by atoms with van der Waals surface area (Å²) < 4.78 is 19.6. The molecule has 0 fully saturated rings. The number of pyridine rings is 1. The Morgan fingerprint density at radius 1 is 1.35 bits per heavy atom. The summed E-state index contributed by atoms with van der Waals surface area (Å²) in [5.41, 5.74) is 0.688. The Bertz CT molecular complexity index is 970. The summed E-state index contributed by atoms with van der Waals surface area (Å²) in [6, 6.07) is 7.11. The van der Waals surface area contributed by atoms with Gasteiger partial charge in [-0.25, -0.2) is 9.37 Å². The van der Waals surface area contributed by atoms with E-state index < -0.39 is 5.82 Å². The Labute approximate surface area is 187 Å². The van der Waals surface area contributed by atoms with Gasteiger partial charge in [-0.2, -0.15) is 5.10 Å². The molecule has 164 valence electrons. The third-order valence-electron chi connectivity index (χ3n) is 4.42. The minimum atomic E-state index is -0.457. The molecule has 31 heavy (non-hydrogen) atoms. The molecular formula is C23H26ClFN4O2.